The van der Waals surface area contributed by atoms with Crippen molar-refractivity contribution in [2.45, 2.75) is 11.6 Å². The minimum atomic E-state index is -3.63. The summed E-state index contributed by atoms with van der Waals surface area (Å²) in [5.74, 6) is 0. The van der Waals surface area contributed by atoms with Gasteiger partial charge in [0.25, 0.3) is 0 Å². The molecule has 2 aromatic heterocycles. The van der Waals surface area contributed by atoms with Gasteiger partial charge in [-0.2, -0.15) is 8.99 Å². The Morgan fingerprint density at radius 1 is 1.00 bits per heavy atom. The molecule has 1 aliphatic heterocycles. The summed E-state index contributed by atoms with van der Waals surface area (Å²) in [5, 5.41) is 4.53. The van der Waals surface area contributed by atoms with Crippen molar-refractivity contribution < 1.29 is 8.42 Å². The van der Waals surface area contributed by atoms with Crippen LogP contribution in [0.2, 0.25) is 5.02 Å². The van der Waals surface area contributed by atoms with Crippen molar-refractivity contribution in [3.63, 3.8) is 0 Å². The van der Waals surface area contributed by atoms with Crippen LogP contribution >= 0.6 is 11.6 Å². The number of nitrogens with zero attached hydrogens (tertiary/aromatic N) is 5. The topological polar surface area (TPSA) is 79.9 Å². The van der Waals surface area contributed by atoms with Gasteiger partial charge >= 0.3 is 5.69 Å². The Morgan fingerprint density at radius 2 is 1.70 bits per heavy atom. The number of piperazine rings is 1. The van der Waals surface area contributed by atoms with Crippen LogP contribution in [-0.4, -0.2) is 58.0 Å². The molecule has 0 aliphatic carbocycles. The Kier molecular flexibility index (Phi) is 4.77. The third-order valence-corrected chi connectivity index (χ3v) is 7.01. The summed E-state index contributed by atoms with van der Waals surface area (Å²) >= 11 is 6.06. The molecule has 0 saturated carbocycles. The fraction of sp³-hybridized carbons (Fsp3) is 0.294. The molecule has 27 heavy (non-hydrogen) atoms. The summed E-state index contributed by atoms with van der Waals surface area (Å²) < 4.78 is 29.9. The van der Waals surface area contributed by atoms with Crippen LogP contribution in [0.1, 0.15) is 0 Å². The average molecular weight is 408 g/mol. The summed E-state index contributed by atoms with van der Waals surface area (Å²) in [6.07, 6.45) is 1.68. The first-order chi connectivity index (χ1) is 13.0. The van der Waals surface area contributed by atoms with E-state index in [1.807, 2.05) is 11.0 Å². The van der Waals surface area contributed by atoms with Crippen molar-refractivity contribution in [3.8, 4) is 0 Å². The Bertz CT molecular complexity index is 1130. The molecule has 0 atom stereocenters. The highest BCUT2D eigenvalue weighted by Gasteiger charge is 2.30. The van der Waals surface area contributed by atoms with E-state index in [9.17, 15) is 13.2 Å². The molecule has 1 aliphatic rings. The van der Waals surface area contributed by atoms with Gasteiger partial charge in [-0.25, -0.2) is 13.2 Å². The summed E-state index contributed by atoms with van der Waals surface area (Å²) in [6, 6.07) is 11.8. The second-order valence-electron chi connectivity index (χ2n) is 6.30. The zero-order valence-electron chi connectivity index (χ0n) is 14.4. The number of aromatic nitrogens is 3. The average Bonchev–Trinajstić information content (AvgIpc) is 2.98. The van der Waals surface area contributed by atoms with E-state index in [1.54, 1.807) is 36.5 Å². The molecule has 0 bridgehead atoms. The van der Waals surface area contributed by atoms with E-state index in [4.69, 9.17) is 11.6 Å². The molecule has 10 heteroatoms. The van der Waals surface area contributed by atoms with Crippen molar-refractivity contribution in [1.29, 1.82) is 0 Å². The lowest BCUT2D eigenvalue weighted by Gasteiger charge is -2.33. The predicted octanol–water partition coefficient (Wildman–Crippen LogP) is 1.11. The maximum Gasteiger partial charge on any atom is 0.351 e. The van der Waals surface area contributed by atoms with E-state index in [0.29, 0.717) is 38.5 Å². The molecule has 0 amide bonds. The number of benzene rings is 1. The summed E-state index contributed by atoms with van der Waals surface area (Å²) in [4.78, 5) is 14.5. The molecule has 3 aromatic rings. The minimum absolute atomic E-state index is 0.122. The number of hydrogen-bond acceptors (Lipinski definition) is 5. The number of pyridine rings is 1. The van der Waals surface area contributed by atoms with Crippen LogP contribution < -0.4 is 5.69 Å². The van der Waals surface area contributed by atoms with E-state index >= 15 is 0 Å². The Balaban J connectivity index is 1.47. The molecule has 1 fully saturated rings. The summed E-state index contributed by atoms with van der Waals surface area (Å²) in [5.41, 5.74) is 0.374. The van der Waals surface area contributed by atoms with E-state index in [-0.39, 0.29) is 15.6 Å². The van der Waals surface area contributed by atoms with Crippen LogP contribution in [0, 0.1) is 0 Å². The quantitative estimate of drug-likeness (QED) is 0.647. The van der Waals surface area contributed by atoms with Gasteiger partial charge in [0.05, 0.1) is 11.7 Å². The molecular weight excluding hydrogens is 390 g/mol. The van der Waals surface area contributed by atoms with Crippen LogP contribution in [0.3, 0.4) is 0 Å². The van der Waals surface area contributed by atoms with Gasteiger partial charge < -0.3 is 0 Å². The lowest BCUT2D eigenvalue weighted by molar-refractivity contribution is 0.144. The van der Waals surface area contributed by atoms with Gasteiger partial charge in [0.1, 0.15) is 4.90 Å². The van der Waals surface area contributed by atoms with Crippen LogP contribution in [0.4, 0.5) is 0 Å². The maximum atomic E-state index is 12.8. The highest BCUT2D eigenvalue weighted by atomic mass is 35.5. The molecular formula is C17H18ClN5O3S. The number of sulfonamides is 1. The van der Waals surface area contributed by atoms with Crippen molar-refractivity contribution >= 4 is 27.3 Å². The number of rotatable bonds is 4. The number of hydrogen-bond donors (Lipinski definition) is 0. The highest BCUT2D eigenvalue weighted by Crippen LogP contribution is 2.25. The van der Waals surface area contributed by atoms with Crippen LogP contribution in [0.15, 0.2) is 58.4 Å². The zero-order valence-corrected chi connectivity index (χ0v) is 16.0. The van der Waals surface area contributed by atoms with Gasteiger partial charge in [0.15, 0.2) is 5.65 Å². The van der Waals surface area contributed by atoms with Crippen molar-refractivity contribution in [2.75, 3.05) is 26.2 Å². The van der Waals surface area contributed by atoms with Crippen molar-refractivity contribution in [2.24, 2.45) is 0 Å². The smallest absolute Gasteiger partial charge is 0.282 e. The van der Waals surface area contributed by atoms with Gasteiger partial charge in [-0.3, -0.25) is 9.30 Å². The largest absolute Gasteiger partial charge is 0.351 e. The fourth-order valence-electron chi connectivity index (χ4n) is 3.15. The van der Waals surface area contributed by atoms with Crippen LogP contribution in [-0.2, 0) is 16.7 Å². The van der Waals surface area contributed by atoms with Gasteiger partial charge in [-0.15, -0.1) is 5.10 Å². The lowest BCUT2D eigenvalue weighted by Crippen LogP contribution is -2.49. The summed E-state index contributed by atoms with van der Waals surface area (Å²) in [7, 11) is -3.63. The molecule has 8 nitrogen and oxygen atoms in total. The molecule has 0 N–H and O–H groups in total. The number of fused-ring (bicyclic) bond motifs is 1. The molecule has 142 valence electrons. The Hall–Kier alpha value is -2.20. The number of halogens is 1. The maximum absolute atomic E-state index is 12.8. The standard InChI is InChI=1S/C17H18ClN5O3S/c18-14-5-1-2-6-15(14)27(25,26)21-11-9-20(10-12-21)13-23-17(24)22-8-4-3-7-16(22)19-23/h1-8H,9-13H2. The van der Waals surface area contributed by atoms with E-state index in [1.165, 1.54) is 19.5 Å². The second kappa shape index (κ2) is 7.08. The normalized spacial score (nSPS) is 16.8. The lowest BCUT2D eigenvalue weighted by atomic mass is 10.4. The van der Waals surface area contributed by atoms with Gasteiger partial charge in [0, 0.05) is 32.4 Å². The van der Waals surface area contributed by atoms with E-state index < -0.39 is 10.0 Å². The highest BCUT2D eigenvalue weighted by molar-refractivity contribution is 7.89. The Morgan fingerprint density at radius 3 is 2.41 bits per heavy atom. The molecule has 3 heterocycles. The molecule has 1 saturated heterocycles. The van der Waals surface area contributed by atoms with Crippen LogP contribution in [0.25, 0.3) is 5.65 Å². The minimum Gasteiger partial charge on any atom is -0.282 e. The SMILES string of the molecule is O=c1n(CN2CCN(S(=O)(=O)c3ccccc3Cl)CC2)nc2ccccn12. The van der Waals surface area contributed by atoms with E-state index in [2.05, 4.69) is 5.10 Å². The molecule has 0 spiro atoms. The Labute approximate surface area is 161 Å². The van der Waals surface area contributed by atoms with Gasteiger partial charge in [0.2, 0.25) is 10.0 Å². The molecule has 0 radical (unpaired) electrons. The third-order valence-electron chi connectivity index (χ3n) is 4.61. The van der Waals surface area contributed by atoms with Crippen LogP contribution in [0.5, 0.6) is 0 Å². The predicted molar refractivity (Wildman–Crippen MR) is 101 cm³/mol. The second-order valence-corrected chi connectivity index (χ2v) is 8.62. The molecule has 1 aromatic carbocycles. The zero-order chi connectivity index (χ0) is 19.0. The van der Waals surface area contributed by atoms with Crippen molar-refractivity contribution in [3.05, 3.63) is 64.2 Å². The third kappa shape index (κ3) is 3.39. The first-order valence-corrected chi connectivity index (χ1v) is 10.3. The molecule has 0 unspecified atom stereocenters. The fourth-order valence-corrected chi connectivity index (χ4v) is 5.07. The first-order valence-electron chi connectivity index (χ1n) is 8.48. The van der Waals surface area contributed by atoms with Gasteiger partial charge in [-0.1, -0.05) is 29.8 Å². The van der Waals surface area contributed by atoms with E-state index in [0.717, 1.165) is 0 Å². The monoisotopic (exact) mass is 407 g/mol. The summed E-state index contributed by atoms with van der Waals surface area (Å²) in [6.45, 7) is 1.99. The first kappa shape index (κ1) is 18.2. The molecule has 4 rings (SSSR count). The van der Waals surface area contributed by atoms with Crippen molar-refractivity contribution in [1.82, 2.24) is 23.4 Å². The van der Waals surface area contributed by atoms with Gasteiger partial charge in [-0.05, 0) is 24.3 Å².